The summed E-state index contributed by atoms with van der Waals surface area (Å²) in [6.45, 7) is 4.51. The van der Waals surface area contributed by atoms with Crippen molar-refractivity contribution >= 4 is 5.91 Å². The summed E-state index contributed by atoms with van der Waals surface area (Å²) in [7, 11) is 0. The number of pyridine rings is 1. The van der Waals surface area contributed by atoms with Crippen molar-refractivity contribution in [1.82, 2.24) is 9.88 Å². The van der Waals surface area contributed by atoms with Gasteiger partial charge in [-0.25, -0.2) is 0 Å². The Balaban J connectivity index is 2.25. The van der Waals surface area contributed by atoms with E-state index in [-0.39, 0.29) is 22.8 Å². The van der Waals surface area contributed by atoms with Gasteiger partial charge in [-0.15, -0.1) is 0 Å². The maximum absolute atomic E-state index is 12.3. The van der Waals surface area contributed by atoms with Crippen molar-refractivity contribution in [2.24, 2.45) is 0 Å². The molecule has 0 aliphatic heterocycles. The zero-order chi connectivity index (χ0) is 16.1. The highest BCUT2D eigenvalue weighted by atomic mass is 16.3. The van der Waals surface area contributed by atoms with E-state index in [1.807, 2.05) is 37.3 Å². The first kappa shape index (κ1) is 15.8. The summed E-state index contributed by atoms with van der Waals surface area (Å²) in [4.78, 5) is 24.2. The Bertz CT molecular complexity index is 721. The van der Waals surface area contributed by atoms with E-state index in [9.17, 15) is 14.7 Å². The van der Waals surface area contributed by atoms with E-state index in [1.54, 1.807) is 6.92 Å². The molecule has 0 saturated heterocycles. The molecule has 0 unspecified atom stereocenters. The number of benzene rings is 1. The SMILES string of the molecule is CCCn1c(C)c(C(=O)NCc2ccccc2)c(O)cc1=O. The molecule has 1 amide bonds. The maximum Gasteiger partial charge on any atom is 0.257 e. The zero-order valence-corrected chi connectivity index (χ0v) is 12.8. The van der Waals surface area contributed by atoms with Gasteiger partial charge in [0, 0.05) is 24.8 Å². The third-order valence-electron chi connectivity index (χ3n) is 3.52. The lowest BCUT2D eigenvalue weighted by molar-refractivity contribution is 0.0946. The quantitative estimate of drug-likeness (QED) is 0.889. The molecule has 0 fully saturated rings. The molecule has 2 N–H and O–H groups in total. The van der Waals surface area contributed by atoms with Crippen LogP contribution in [0.2, 0.25) is 0 Å². The highest BCUT2D eigenvalue weighted by molar-refractivity contribution is 5.97. The Morgan fingerprint density at radius 3 is 2.59 bits per heavy atom. The molecular weight excluding hydrogens is 280 g/mol. The van der Waals surface area contributed by atoms with Crippen LogP contribution in [0, 0.1) is 6.92 Å². The number of hydrogen-bond donors (Lipinski definition) is 2. The molecule has 0 saturated carbocycles. The lowest BCUT2D eigenvalue weighted by Gasteiger charge is -2.14. The summed E-state index contributed by atoms with van der Waals surface area (Å²) in [5.74, 6) is -0.663. The van der Waals surface area contributed by atoms with Crippen LogP contribution in [0.1, 0.15) is 35.0 Å². The van der Waals surface area contributed by atoms with Crippen LogP contribution in [0.4, 0.5) is 0 Å². The second kappa shape index (κ2) is 6.93. The monoisotopic (exact) mass is 300 g/mol. The lowest BCUT2D eigenvalue weighted by atomic mass is 10.1. The Labute approximate surface area is 129 Å². The van der Waals surface area contributed by atoms with Crippen LogP contribution in [0.5, 0.6) is 5.75 Å². The van der Waals surface area contributed by atoms with Crippen LogP contribution in [0.15, 0.2) is 41.2 Å². The standard InChI is InChI=1S/C17H20N2O3/c1-3-9-19-12(2)16(14(20)10-15(19)21)17(22)18-11-13-7-5-4-6-8-13/h4-8,10,20H,3,9,11H2,1-2H3,(H,18,22). The van der Waals surface area contributed by atoms with Gasteiger partial charge in [-0.2, -0.15) is 0 Å². The van der Waals surface area contributed by atoms with Gasteiger partial charge in [-0.3, -0.25) is 9.59 Å². The molecule has 2 rings (SSSR count). The third-order valence-corrected chi connectivity index (χ3v) is 3.52. The number of aromatic hydroxyl groups is 1. The number of amides is 1. The predicted octanol–water partition coefficient (Wildman–Crippen LogP) is 2.20. The second-order valence-electron chi connectivity index (χ2n) is 5.15. The Morgan fingerprint density at radius 1 is 1.27 bits per heavy atom. The van der Waals surface area contributed by atoms with E-state index >= 15 is 0 Å². The van der Waals surface area contributed by atoms with Gasteiger partial charge >= 0.3 is 0 Å². The first-order chi connectivity index (χ1) is 10.5. The average molecular weight is 300 g/mol. The molecule has 0 radical (unpaired) electrons. The number of nitrogens with zero attached hydrogens (tertiary/aromatic N) is 1. The molecule has 2 aromatic rings. The number of carbonyl (C=O) groups excluding carboxylic acids is 1. The molecule has 1 aromatic heterocycles. The van der Waals surface area contributed by atoms with Crippen molar-refractivity contribution < 1.29 is 9.90 Å². The van der Waals surface area contributed by atoms with Crippen molar-refractivity contribution in [3.8, 4) is 5.75 Å². The molecule has 0 aliphatic carbocycles. The molecular formula is C17H20N2O3. The third kappa shape index (κ3) is 3.36. The van der Waals surface area contributed by atoms with E-state index in [0.717, 1.165) is 18.1 Å². The first-order valence-corrected chi connectivity index (χ1v) is 7.30. The number of rotatable bonds is 5. The van der Waals surface area contributed by atoms with Gasteiger partial charge in [0.25, 0.3) is 11.5 Å². The fourth-order valence-corrected chi connectivity index (χ4v) is 2.40. The summed E-state index contributed by atoms with van der Waals surface area (Å²) >= 11 is 0. The van der Waals surface area contributed by atoms with Gasteiger partial charge in [-0.1, -0.05) is 37.3 Å². The van der Waals surface area contributed by atoms with Crippen LogP contribution in [-0.2, 0) is 13.1 Å². The van der Waals surface area contributed by atoms with E-state index in [2.05, 4.69) is 5.32 Å². The summed E-state index contributed by atoms with van der Waals surface area (Å²) in [6, 6.07) is 10.6. The van der Waals surface area contributed by atoms with E-state index in [1.165, 1.54) is 4.57 Å². The molecule has 5 heteroatoms. The summed E-state index contributed by atoms with van der Waals surface area (Å²) in [6.07, 6.45) is 0.774. The van der Waals surface area contributed by atoms with E-state index in [4.69, 9.17) is 0 Å². The van der Waals surface area contributed by atoms with Gasteiger partial charge in [0.2, 0.25) is 0 Å². The first-order valence-electron chi connectivity index (χ1n) is 7.30. The fraction of sp³-hybridized carbons (Fsp3) is 0.294. The van der Waals surface area contributed by atoms with Crippen molar-refractivity contribution in [2.75, 3.05) is 0 Å². The summed E-state index contributed by atoms with van der Waals surface area (Å²) < 4.78 is 1.51. The van der Waals surface area contributed by atoms with Crippen LogP contribution >= 0.6 is 0 Å². The van der Waals surface area contributed by atoms with Gasteiger partial charge in [0.05, 0.1) is 0 Å². The second-order valence-corrected chi connectivity index (χ2v) is 5.15. The number of aromatic nitrogens is 1. The molecule has 1 aromatic carbocycles. The van der Waals surface area contributed by atoms with Crippen molar-refractivity contribution in [1.29, 1.82) is 0 Å². The van der Waals surface area contributed by atoms with Gasteiger partial charge < -0.3 is 15.0 Å². The van der Waals surface area contributed by atoms with Crippen LogP contribution in [0.3, 0.4) is 0 Å². The zero-order valence-electron chi connectivity index (χ0n) is 12.8. The average Bonchev–Trinajstić information content (AvgIpc) is 2.50. The molecule has 0 aliphatic rings. The number of nitrogens with one attached hydrogen (secondary N) is 1. The van der Waals surface area contributed by atoms with E-state index in [0.29, 0.717) is 18.8 Å². The maximum atomic E-state index is 12.3. The van der Waals surface area contributed by atoms with Gasteiger partial charge in [-0.05, 0) is 18.9 Å². The van der Waals surface area contributed by atoms with Crippen LogP contribution in [-0.4, -0.2) is 15.6 Å². The van der Waals surface area contributed by atoms with Crippen molar-refractivity contribution in [2.45, 2.75) is 33.4 Å². The Morgan fingerprint density at radius 2 is 1.95 bits per heavy atom. The molecule has 0 bridgehead atoms. The van der Waals surface area contributed by atoms with E-state index < -0.39 is 0 Å². The minimum Gasteiger partial charge on any atom is -0.507 e. The lowest BCUT2D eigenvalue weighted by Crippen LogP contribution is -2.29. The van der Waals surface area contributed by atoms with Gasteiger partial charge in [0.15, 0.2) is 0 Å². The molecule has 5 nitrogen and oxygen atoms in total. The largest absolute Gasteiger partial charge is 0.507 e. The van der Waals surface area contributed by atoms with Crippen LogP contribution < -0.4 is 10.9 Å². The summed E-state index contributed by atoms with van der Waals surface area (Å²) in [5, 5.41) is 12.7. The Hall–Kier alpha value is -2.56. The van der Waals surface area contributed by atoms with Crippen molar-refractivity contribution in [3.05, 3.63) is 63.6 Å². The minimum atomic E-state index is -0.385. The predicted molar refractivity (Wildman–Crippen MR) is 85.0 cm³/mol. The highest BCUT2D eigenvalue weighted by Gasteiger charge is 2.18. The molecule has 0 spiro atoms. The topological polar surface area (TPSA) is 71.3 Å². The molecule has 22 heavy (non-hydrogen) atoms. The molecule has 116 valence electrons. The Kier molecular flexibility index (Phi) is 4.99. The highest BCUT2D eigenvalue weighted by Crippen LogP contribution is 2.18. The number of carbonyl (C=O) groups is 1. The smallest absolute Gasteiger partial charge is 0.257 e. The molecule has 1 heterocycles. The van der Waals surface area contributed by atoms with Crippen LogP contribution in [0.25, 0.3) is 0 Å². The van der Waals surface area contributed by atoms with Gasteiger partial charge in [0.1, 0.15) is 11.3 Å². The summed E-state index contributed by atoms with van der Waals surface area (Å²) in [5.41, 5.74) is 1.31. The molecule has 0 atom stereocenters. The van der Waals surface area contributed by atoms with Crippen molar-refractivity contribution in [3.63, 3.8) is 0 Å². The normalized spacial score (nSPS) is 10.5. The minimum absolute atomic E-state index is 0.156. The number of hydrogen-bond acceptors (Lipinski definition) is 3. The fourth-order valence-electron chi connectivity index (χ4n) is 2.40.